The zero-order valence-corrected chi connectivity index (χ0v) is 19.9. The van der Waals surface area contributed by atoms with E-state index in [1.807, 2.05) is 65.2 Å². The Balaban J connectivity index is 1.69. The first-order valence-corrected chi connectivity index (χ1v) is 11.1. The van der Waals surface area contributed by atoms with E-state index in [-0.39, 0.29) is 11.0 Å². The van der Waals surface area contributed by atoms with Crippen LogP contribution in [0.25, 0.3) is 10.9 Å². The first-order valence-electron chi connectivity index (χ1n) is 9.89. The summed E-state index contributed by atoms with van der Waals surface area (Å²) in [6.07, 6.45) is 0. The van der Waals surface area contributed by atoms with Crippen LogP contribution in [0.5, 0.6) is 11.6 Å². The molecule has 0 saturated carbocycles. The van der Waals surface area contributed by atoms with Crippen molar-refractivity contribution in [2.75, 3.05) is 12.4 Å². The minimum Gasteiger partial charge on any atom is -0.495 e. The van der Waals surface area contributed by atoms with Crippen molar-refractivity contribution >= 4 is 55.5 Å². The van der Waals surface area contributed by atoms with Gasteiger partial charge in [0, 0.05) is 9.86 Å². The summed E-state index contributed by atoms with van der Waals surface area (Å²) in [7, 11) is 1.59. The zero-order valence-electron chi connectivity index (χ0n) is 17.5. The van der Waals surface area contributed by atoms with Crippen LogP contribution in [0.2, 0.25) is 0 Å². The Labute approximate surface area is 199 Å². The number of hydrogen-bond acceptors (Lipinski definition) is 4. The molecule has 0 fully saturated rings. The first kappa shape index (κ1) is 22.0. The molecular weight excluding hydrogens is 488 g/mol. The number of methoxy groups -OCH3 is 1. The van der Waals surface area contributed by atoms with Crippen LogP contribution in [0.15, 0.2) is 81.4 Å². The summed E-state index contributed by atoms with van der Waals surface area (Å²) in [5.74, 6) is 0.678. The van der Waals surface area contributed by atoms with E-state index in [2.05, 4.69) is 44.5 Å². The number of anilines is 1. The fourth-order valence-electron chi connectivity index (χ4n) is 3.50. The lowest BCUT2D eigenvalue weighted by molar-refractivity contribution is 0.417. The maximum Gasteiger partial charge on any atom is 0.221 e. The van der Waals surface area contributed by atoms with Crippen LogP contribution in [0.4, 0.5) is 11.4 Å². The van der Waals surface area contributed by atoms with Crippen LogP contribution in [-0.4, -0.2) is 21.9 Å². The number of rotatable bonds is 5. The molecule has 0 unspecified atom stereocenters. The highest BCUT2D eigenvalue weighted by atomic mass is 79.9. The predicted octanol–water partition coefficient (Wildman–Crippen LogP) is 6.96. The van der Waals surface area contributed by atoms with E-state index in [4.69, 9.17) is 17.0 Å². The van der Waals surface area contributed by atoms with E-state index in [9.17, 15) is 5.11 Å². The lowest BCUT2D eigenvalue weighted by atomic mass is 10.1. The number of fused-ring (bicyclic) bond motifs is 1. The molecule has 0 aliphatic carbocycles. The van der Waals surface area contributed by atoms with Crippen molar-refractivity contribution in [1.29, 1.82) is 0 Å². The number of aromatic nitrogens is 1. The van der Waals surface area contributed by atoms with Gasteiger partial charge in [-0.1, -0.05) is 52.3 Å². The van der Waals surface area contributed by atoms with Gasteiger partial charge in [-0.05, 0) is 60.6 Å². The predicted molar refractivity (Wildman–Crippen MR) is 135 cm³/mol. The van der Waals surface area contributed by atoms with Crippen LogP contribution in [0.1, 0.15) is 11.1 Å². The molecule has 0 radical (unpaired) electrons. The second kappa shape index (κ2) is 9.50. The second-order valence-corrected chi connectivity index (χ2v) is 8.48. The Morgan fingerprint density at radius 3 is 2.66 bits per heavy atom. The second-order valence-electron chi connectivity index (χ2n) is 7.18. The molecular formula is C24H21BrN4O2S. The van der Waals surface area contributed by atoms with Crippen LogP contribution >= 0.6 is 28.1 Å². The molecule has 1 aromatic heterocycles. The number of nitrogens with one attached hydrogen (secondary N) is 1. The fraction of sp³-hybridized carbons (Fsp3) is 0.125. The summed E-state index contributed by atoms with van der Waals surface area (Å²) in [6, 6.07) is 21.3. The third-order valence-corrected chi connectivity index (χ3v) is 5.83. The van der Waals surface area contributed by atoms with Gasteiger partial charge in [0.05, 0.1) is 24.9 Å². The van der Waals surface area contributed by atoms with Crippen molar-refractivity contribution in [1.82, 2.24) is 4.57 Å². The first-order chi connectivity index (χ1) is 15.5. The summed E-state index contributed by atoms with van der Waals surface area (Å²) in [5, 5.41) is 23.4. The summed E-state index contributed by atoms with van der Waals surface area (Å²) in [6.45, 7) is 2.56. The van der Waals surface area contributed by atoms with Crippen LogP contribution in [-0.2, 0) is 6.54 Å². The minimum absolute atomic E-state index is 0.0326. The molecule has 0 amide bonds. The molecule has 0 aliphatic heterocycles. The molecule has 162 valence electrons. The number of ether oxygens (including phenoxy) is 1. The van der Waals surface area contributed by atoms with E-state index in [1.165, 1.54) is 0 Å². The number of halogens is 1. The van der Waals surface area contributed by atoms with Crippen molar-refractivity contribution in [3.05, 3.63) is 82.3 Å². The molecule has 3 aromatic carbocycles. The Morgan fingerprint density at radius 2 is 1.88 bits per heavy atom. The molecule has 1 heterocycles. The third kappa shape index (κ3) is 4.51. The highest BCUT2D eigenvalue weighted by molar-refractivity contribution is 9.10. The number of benzene rings is 3. The number of nitrogens with zero attached hydrogens (tertiary/aromatic N) is 3. The van der Waals surface area contributed by atoms with Gasteiger partial charge >= 0.3 is 0 Å². The number of azo groups is 1. The third-order valence-electron chi connectivity index (χ3n) is 5.15. The van der Waals surface area contributed by atoms with Crippen molar-refractivity contribution in [3.8, 4) is 11.6 Å². The van der Waals surface area contributed by atoms with Crippen molar-refractivity contribution in [2.45, 2.75) is 13.5 Å². The van der Waals surface area contributed by atoms with Gasteiger partial charge in [0.2, 0.25) is 11.0 Å². The van der Waals surface area contributed by atoms with Gasteiger partial charge in [0.1, 0.15) is 5.75 Å². The van der Waals surface area contributed by atoms with E-state index < -0.39 is 0 Å². The molecule has 0 spiro atoms. The van der Waals surface area contributed by atoms with Gasteiger partial charge in [-0.2, -0.15) is 0 Å². The average Bonchev–Trinajstić information content (AvgIpc) is 3.04. The molecule has 4 aromatic rings. The Kier molecular flexibility index (Phi) is 6.53. The van der Waals surface area contributed by atoms with Gasteiger partial charge < -0.3 is 19.7 Å². The molecule has 0 saturated heterocycles. The maximum atomic E-state index is 11.1. The lowest BCUT2D eigenvalue weighted by Gasteiger charge is -2.09. The van der Waals surface area contributed by atoms with Gasteiger partial charge in [0.15, 0.2) is 5.69 Å². The van der Waals surface area contributed by atoms with Crippen LogP contribution in [0, 0.1) is 6.92 Å². The standard InChI is InChI=1S/C24H21BrN4O2S/c1-15-7-3-4-8-16(15)14-29-20-12-11-17(25)13-18(20)22(23(29)30)27-28-24(32)26-19-9-5-6-10-21(19)31-2/h3-13,30H,14H2,1-2H3,(H,26,32). The highest BCUT2D eigenvalue weighted by Gasteiger charge is 2.18. The number of hydrogen-bond donors (Lipinski definition) is 2. The highest BCUT2D eigenvalue weighted by Crippen LogP contribution is 2.40. The molecule has 0 bridgehead atoms. The number of thiocarbonyl (C=S) groups is 1. The molecule has 32 heavy (non-hydrogen) atoms. The van der Waals surface area contributed by atoms with Gasteiger partial charge in [-0.15, -0.1) is 10.2 Å². The summed E-state index contributed by atoms with van der Waals surface area (Å²) < 4.78 is 8.03. The lowest BCUT2D eigenvalue weighted by Crippen LogP contribution is -2.06. The number of para-hydroxylation sites is 2. The van der Waals surface area contributed by atoms with Gasteiger partial charge in [0.25, 0.3) is 0 Å². The normalized spacial score (nSPS) is 11.2. The van der Waals surface area contributed by atoms with E-state index in [1.54, 1.807) is 7.11 Å². The Bertz CT molecular complexity index is 1330. The smallest absolute Gasteiger partial charge is 0.221 e. The SMILES string of the molecule is COc1ccccc1NC(=S)N=Nc1c(O)n(Cc2ccccc2C)c2ccc(Br)cc12. The topological polar surface area (TPSA) is 71.1 Å². The average molecular weight is 509 g/mol. The quantitative estimate of drug-likeness (QED) is 0.226. The molecule has 0 atom stereocenters. The van der Waals surface area contributed by atoms with Crippen molar-refractivity contribution in [3.63, 3.8) is 0 Å². The van der Waals surface area contributed by atoms with E-state index in [0.29, 0.717) is 23.7 Å². The van der Waals surface area contributed by atoms with E-state index in [0.717, 1.165) is 26.5 Å². The van der Waals surface area contributed by atoms with Crippen molar-refractivity contribution < 1.29 is 9.84 Å². The zero-order chi connectivity index (χ0) is 22.7. The number of aryl methyl sites for hydroxylation is 1. The molecule has 8 heteroatoms. The number of aromatic hydroxyl groups is 1. The molecule has 2 N–H and O–H groups in total. The van der Waals surface area contributed by atoms with Crippen molar-refractivity contribution in [2.24, 2.45) is 10.2 Å². The fourth-order valence-corrected chi connectivity index (χ4v) is 4.01. The van der Waals surface area contributed by atoms with Crippen LogP contribution in [0.3, 0.4) is 0 Å². The molecule has 4 rings (SSSR count). The maximum absolute atomic E-state index is 11.1. The molecule has 0 aliphatic rings. The van der Waals surface area contributed by atoms with Crippen LogP contribution < -0.4 is 10.1 Å². The summed E-state index contributed by atoms with van der Waals surface area (Å²) in [4.78, 5) is 0. The molecule has 6 nitrogen and oxygen atoms in total. The Morgan fingerprint density at radius 1 is 1.12 bits per heavy atom. The monoisotopic (exact) mass is 508 g/mol. The Hall–Kier alpha value is -3.23. The largest absolute Gasteiger partial charge is 0.495 e. The summed E-state index contributed by atoms with van der Waals surface area (Å²) >= 11 is 8.84. The van der Waals surface area contributed by atoms with Gasteiger partial charge in [-0.25, -0.2) is 0 Å². The van der Waals surface area contributed by atoms with Gasteiger partial charge in [-0.3, -0.25) is 0 Å². The van der Waals surface area contributed by atoms with E-state index >= 15 is 0 Å². The minimum atomic E-state index is 0.0326. The summed E-state index contributed by atoms with van der Waals surface area (Å²) in [5.41, 5.74) is 4.16.